The van der Waals surface area contributed by atoms with Crippen LogP contribution in [0, 0.1) is 0 Å². The van der Waals surface area contributed by atoms with E-state index in [1.807, 2.05) is 84.9 Å². The van der Waals surface area contributed by atoms with Gasteiger partial charge in [-0.1, -0.05) is 41.9 Å². The maximum atomic E-state index is 5.87. The average molecular weight is 359 g/mol. The molecule has 1 heterocycles. The van der Waals surface area contributed by atoms with Gasteiger partial charge in [-0.2, -0.15) is 0 Å². The summed E-state index contributed by atoms with van der Waals surface area (Å²) in [5, 5.41) is 0.731. The Morgan fingerprint density at radius 3 is 2.42 bits per heavy atom. The first-order valence-electron chi connectivity index (χ1n) is 8.20. The second kappa shape index (κ2) is 7.38. The number of aliphatic imine (C=N–C) groups is 1. The van der Waals surface area contributed by atoms with Gasteiger partial charge in [-0.3, -0.25) is 4.99 Å². The Morgan fingerprint density at radius 1 is 0.885 bits per heavy atom. The number of allylic oxidation sites excluding steroid dienone is 1. The Balaban J connectivity index is 1.46. The first kappa shape index (κ1) is 16.3. The van der Waals surface area contributed by atoms with Crippen molar-refractivity contribution in [1.82, 2.24) is 4.98 Å². The smallest absolute Gasteiger partial charge is 0.227 e. The molecule has 0 atom stereocenters. The lowest BCUT2D eigenvalue weighted by Gasteiger charge is -1.96. The molecule has 0 aliphatic carbocycles. The Hall–Kier alpha value is -3.17. The number of rotatable bonds is 4. The van der Waals surface area contributed by atoms with Crippen molar-refractivity contribution in [3.63, 3.8) is 0 Å². The van der Waals surface area contributed by atoms with Crippen LogP contribution in [0.3, 0.4) is 0 Å². The molecule has 0 unspecified atom stereocenters. The van der Waals surface area contributed by atoms with E-state index >= 15 is 0 Å². The molecule has 0 radical (unpaired) electrons. The highest BCUT2D eigenvalue weighted by molar-refractivity contribution is 6.30. The van der Waals surface area contributed by atoms with Gasteiger partial charge in [0, 0.05) is 16.8 Å². The van der Waals surface area contributed by atoms with Gasteiger partial charge < -0.3 is 4.42 Å². The van der Waals surface area contributed by atoms with Gasteiger partial charge in [0.2, 0.25) is 5.89 Å². The van der Waals surface area contributed by atoms with Crippen LogP contribution in [0.25, 0.3) is 28.6 Å². The number of benzene rings is 3. The van der Waals surface area contributed by atoms with E-state index in [1.165, 1.54) is 0 Å². The summed E-state index contributed by atoms with van der Waals surface area (Å²) in [5.74, 6) is 0.615. The molecule has 0 N–H and O–H groups in total. The minimum Gasteiger partial charge on any atom is -0.436 e. The second-order valence-electron chi connectivity index (χ2n) is 5.72. The van der Waals surface area contributed by atoms with Crippen molar-refractivity contribution in [2.75, 3.05) is 0 Å². The SMILES string of the molecule is Clc1ccc(/C=C/C=Nc2ccc(-c3nc4ccccc4o3)cc2)cc1. The molecule has 0 spiro atoms. The molecule has 4 heteroatoms. The molecule has 3 aromatic carbocycles. The van der Waals surface area contributed by atoms with Gasteiger partial charge >= 0.3 is 0 Å². The zero-order valence-corrected chi connectivity index (χ0v) is 14.6. The number of aromatic nitrogens is 1. The van der Waals surface area contributed by atoms with E-state index in [0.717, 1.165) is 32.9 Å². The Labute approximate surface area is 156 Å². The van der Waals surface area contributed by atoms with Gasteiger partial charge in [0.05, 0.1) is 5.69 Å². The Bertz CT molecular complexity index is 1040. The zero-order chi connectivity index (χ0) is 17.8. The van der Waals surface area contributed by atoms with Gasteiger partial charge in [0.15, 0.2) is 5.58 Å². The molecule has 1 aromatic heterocycles. The lowest BCUT2D eigenvalue weighted by atomic mass is 10.2. The molecular formula is C22H15ClN2O. The number of hydrogen-bond acceptors (Lipinski definition) is 3. The summed E-state index contributed by atoms with van der Waals surface area (Å²) in [6.07, 6.45) is 5.65. The summed E-state index contributed by atoms with van der Waals surface area (Å²) in [5.41, 5.74) is 4.52. The van der Waals surface area contributed by atoms with Gasteiger partial charge in [-0.05, 0) is 60.2 Å². The molecule has 0 amide bonds. The highest BCUT2D eigenvalue weighted by Crippen LogP contribution is 2.25. The van der Waals surface area contributed by atoms with Crippen LogP contribution in [0.4, 0.5) is 5.69 Å². The summed E-state index contributed by atoms with van der Waals surface area (Å²) in [6.45, 7) is 0. The second-order valence-corrected chi connectivity index (χ2v) is 6.16. The molecule has 0 aliphatic heterocycles. The molecule has 3 nitrogen and oxygen atoms in total. The maximum absolute atomic E-state index is 5.87. The van der Waals surface area contributed by atoms with Crippen LogP contribution in [0.5, 0.6) is 0 Å². The average Bonchev–Trinajstić information content (AvgIpc) is 3.11. The fraction of sp³-hybridized carbons (Fsp3) is 0. The van der Waals surface area contributed by atoms with Crippen molar-refractivity contribution in [2.24, 2.45) is 4.99 Å². The van der Waals surface area contributed by atoms with Crippen LogP contribution in [0.15, 0.2) is 88.3 Å². The van der Waals surface area contributed by atoms with Crippen LogP contribution in [0.2, 0.25) is 5.02 Å². The fourth-order valence-corrected chi connectivity index (χ4v) is 2.67. The molecular weight excluding hydrogens is 344 g/mol. The monoisotopic (exact) mass is 358 g/mol. The van der Waals surface area contributed by atoms with Crippen molar-refractivity contribution in [1.29, 1.82) is 0 Å². The van der Waals surface area contributed by atoms with Crippen molar-refractivity contribution < 1.29 is 4.42 Å². The first-order chi connectivity index (χ1) is 12.8. The van der Waals surface area contributed by atoms with E-state index in [9.17, 15) is 0 Å². The lowest BCUT2D eigenvalue weighted by Crippen LogP contribution is -1.76. The predicted octanol–water partition coefficient (Wildman–Crippen LogP) is 6.56. The Morgan fingerprint density at radius 2 is 1.65 bits per heavy atom. The molecule has 0 fully saturated rings. The standard InChI is InChI=1S/C22H15ClN2O/c23-18-11-7-16(8-12-18)4-3-15-24-19-13-9-17(10-14-19)22-25-20-5-1-2-6-21(20)26-22/h1-15H/b4-3+,24-15?. The number of oxazole rings is 1. The normalized spacial score (nSPS) is 11.7. The van der Waals surface area contributed by atoms with Gasteiger partial charge in [0.1, 0.15) is 5.52 Å². The van der Waals surface area contributed by atoms with E-state index in [4.69, 9.17) is 16.0 Å². The number of fused-ring (bicyclic) bond motifs is 1. The molecule has 4 rings (SSSR count). The molecule has 0 saturated carbocycles. The lowest BCUT2D eigenvalue weighted by molar-refractivity contribution is 0.620. The van der Waals surface area contributed by atoms with Crippen LogP contribution in [-0.2, 0) is 0 Å². The predicted molar refractivity (Wildman–Crippen MR) is 108 cm³/mol. The topological polar surface area (TPSA) is 38.4 Å². The molecule has 0 aliphatic rings. The third-order valence-electron chi connectivity index (χ3n) is 3.88. The third-order valence-corrected chi connectivity index (χ3v) is 4.13. The van der Waals surface area contributed by atoms with E-state index in [0.29, 0.717) is 5.89 Å². The molecule has 4 aromatic rings. The summed E-state index contributed by atoms with van der Waals surface area (Å²) in [4.78, 5) is 8.93. The Kier molecular flexibility index (Phi) is 4.63. The van der Waals surface area contributed by atoms with Crippen molar-refractivity contribution in [3.8, 4) is 11.5 Å². The van der Waals surface area contributed by atoms with Gasteiger partial charge in [-0.25, -0.2) is 4.98 Å². The highest BCUT2D eigenvalue weighted by atomic mass is 35.5. The minimum atomic E-state index is 0.615. The van der Waals surface area contributed by atoms with Crippen molar-refractivity contribution in [2.45, 2.75) is 0 Å². The quantitative estimate of drug-likeness (QED) is 0.387. The summed E-state index contributed by atoms with van der Waals surface area (Å²) >= 11 is 5.87. The van der Waals surface area contributed by atoms with Crippen LogP contribution < -0.4 is 0 Å². The van der Waals surface area contributed by atoms with E-state index in [1.54, 1.807) is 6.21 Å². The number of para-hydroxylation sites is 2. The zero-order valence-electron chi connectivity index (χ0n) is 13.8. The van der Waals surface area contributed by atoms with Gasteiger partial charge in [-0.15, -0.1) is 0 Å². The molecule has 126 valence electrons. The number of halogens is 1. The van der Waals surface area contributed by atoms with Gasteiger partial charge in [0.25, 0.3) is 0 Å². The highest BCUT2D eigenvalue weighted by Gasteiger charge is 2.07. The number of hydrogen-bond donors (Lipinski definition) is 0. The van der Waals surface area contributed by atoms with Crippen molar-refractivity contribution >= 4 is 40.7 Å². The van der Waals surface area contributed by atoms with E-state index < -0.39 is 0 Å². The largest absolute Gasteiger partial charge is 0.436 e. The van der Waals surface area contributed by atoms with E-state index in [-0.39, 0.29) is 0 Å². The minimum absolute atomic E-state index is 0.615. The van der Waals surface area contributed by atoms with E-state index in [2.05, 4.69) is 9.98 Å². The first-order valence-corrected chi connectivity index (χ1v) is 8.58. The summed E-state index contributed by atoms with van der Waals surface area (Å²) < 4.78 is 5.78. The molecule has 0 saturated heterocycles. The molecule has 0 bridgehead atoms. The fourth-order valence-electron chi connectivity index (χ4n) is 2.54. The van der Waals surface area contributed by atoms with Crippen LogP contribution in [0.1, 0.15) is 5.56 Å². The summed E-state index contributed by atoms with van der Waals surface area (Å²) in [7, 11) is 0. The molecule has 26 heavy (non-hydrogen) atoms. The number of nitrogens with zero attached hydrogens (tertiary/aromatic N) is 2. The summed E-state index contributed by atoms with van der Waals surface area (Å²) in [6, 6.07) is 23.2. The van der Waals surface area contributed by atoms with Crippen LogP contribution in [-0.4, -0.2) is 11.2 Å². The van der Waals surface area contributed by atoms with Crippen LogP contribution >= 0.6 is 11.6 Å². The van der Waals surface area contributed by atoms with Crippen molar-refractivity contribution in [3.05, 3.63) is 89.5 Å². The maximum Gasteiger partial charge on any atom is 0.227 e. The third kappa shape index (κ3) is 3.73.